The van der Waals surface area contributed by atoms with Crippen LogP contribution in [0.4, 0.5) is 0 Å². The average molecular weight is 314 g/mol. The molecule has 1 aromatic heterocycles. The molecular weight excluding hydrogens is 304 g/mol. The van der Waals surface area contributed by atoms with Gasteiger partial charge in [0.05, 0.1) is 17.8 Å². The molecule has 0 N–H and O–H groups in total. The lowest BCUT2D eigenvalue weighted by Gasteiger charge is -2.06. The van der Waals surface area contributed by atoms with Crippen molar-refractivity contribution in [2.24, 2.45) is 0 Å². The van der Waals surface area contributed by atoms with Crippen LogP contribution in [-0.4, -0.2) is 9.97 Å². The fourth-order valence-electron chi connectivity index (χ4n) is 1.30. The second-order valence-electron chi connectivity index (χ2n) is 3.50. The number of rotatable bonds is 3. The second kappa shape index (κ2) is 5.47. The van der Waals surface area contributed by atoms with Crippen molar-refractivity contribution in [1.82, 2.24) is 9.97 Å². The Labute approximate surface area is 113 Å². The highest BCUT2D eigenvalue weighted by molar-refractivity contribution is 9.10. The van der Waals surface area contributed by atoms with Crippen molar-refractivity contribution in [3.63, 3.8) is 0 Å². The first-order chi connectivity index (χ1) is 8.19. The molecule has 0 radical (unpaired) electrons. The van der Waals surface area contributed by atoms with Crippen LogP contribution in [-0.2, 0) is 5.88 Å². The van der Waals surface area contributed by atoms with E-state index < -0.39 is 0 Å². The Balaban J connectivity index is 2.22. The van der Waals surface area contributed by atoms with Crippen molar-refractivity contribution in [3.05, 3.63) is 46.3 Å². The largest absolute Gasteiger partial charge is 0.437 e. The van der Waals surface area contributed by atoms with E-state index in [1.165, 1.54) is 0 Å². The van der Waals surface area contributed by atoms with Gasteiger partial charge in [0.2, 0.25) is 5.88 Å². The molecule has 0 fully saturated rings. The molecular formula is C12H10BrClN2O. The zero-order valence-corrected chi connectivity index (χ0v) is 11.5. The predicted molar refractivity (Wildman–Crippen MR) is 70.5 cm³/mol. The molecule has 0 unspecified atom stereocenters. The Bertz CT molecular complexity index is 534. The van der Waals surface area contributed by atoms with Crippen LogP contribution in [0.5, 0.6) is 11.6 Å². The Morgan fingerprint density at radius 3 is 2.88 bits per heavy atom. The summed E-state index contributed by atoms with van der Waals surface area (Å²) in [7, 11) is 0. The summed E-state index contributed by atoms with van der Waals surface area (Å²) >= 11 is 9.12. The minimum atomic E-state index is 0.323. The van der Waals surface area contributed by atoms with Crippen LogP contribution in [0.25, 0.3) is 0 Å². The van der Waals surface area contributed by atoms with E-state index in [0.29, 0.717) is 17.5 Å². The first-order valence-corrected chi connectivity index (χ1v) is 6.32. The average Bonchev–Trinajstić information content (AvgIpc) is 2.34. The van der Waals surface area contributed by atoms with Crippen LogP contribution in [0.3, 0.4) is 0 Å². The minimum absolute atomic E-state index is 0.323. The highest BCUT2D eigenvalue weighted by Crippen LogP contribution is 2.24. The molecule has 0 spiro atoms. The van der Waals surface area contributed by atoms with Crippen LogP contribution in [0, 0.1) is 6.92 Å². The summed E-state index contributed by atoms with van der Waals surface area (Å²) in [6, 6.07) is 5.73. The van der Waals surface area contributed by atoms with Crippen molar-refractivity contribution in [1.29, 1.82) is 0 Å². The Morgan fingerprint density at radius 2 is 2.18 bits per heavy atom. The monoisotopic (exact) mass is 312 g/mol. The van der Waals surface area contributed by atoms with Crippen LogP contribution in [0.2, 0.25) is 0 Å². The molecule has 2 aromatic rings. The summed E-state index contributed by atoms with van der Waals surface area (Å²) in [5.74, 6) is 1.50. The molecule has 0 bridgehead atoms. The van der Waals surface area contributed by atoms with Gasteiger partial charge in [-0.3, -0.25) is 4.98 Å². The second-order valence-corrected chi connectivity index (χ2v) is 4.62. The van der Waals surface area contributed by atoms with E-state index in [1.54, 1.807) is 12.4 Å². The summed E-state index contributed by atoms with van der Waals surface area (Å²) in [5.41, 5.74) is 1.79. The van der Waals surface area contributed by atoms with E-state index in [2.05, 4.69) is 25.9 Å². The van der Waals surface area contributed by atoms with Gasteiger partial charge in [-0.1, -0.05) is 15.9 Å². The molecule has 3 nitrogen and oxygen atoms in total. The first kappa shape index (κ1) is 12.3. The first-order valence-electron chi connectivity index (χ1n) is 5.00. The number of nitrogens with zero attached hydrogens (tertiary/aromatic N) is 2. The molecule has 0 saturated heterocycles. The molecule has 0 saturated carbocycles. The highest BCUT2D eigenvalue weighted by atomic mass is 79.9. The topological polar surface area (TPSA) is 35.0 Å². The fourth-order valence-corrected chi connectivity index (χ4v) is 1.68. The quantitative estimate of drug-likeness (QED) is 0.801. The SMILES string of the molecule is Cc1cc(Oc2cncc(CCl)n2)ccc1Br. The van der Waals surface area contributed by atoms with Crippen molar-refractivity contribution in [2.75, 3.05) is 0 Å². The zero-order chi connectivity index (χ0) is 12.3. The maximum Gasteiger partial charge on any atom is 0.238 e. The summed E-state index contributed by atoms with van der Waals surface area (Å²) in [6.07, 6.45) is 3.18. The highest BCUT2D eigenvalue weighted by Gasteiger charge is 2.02. The van der Waals surface area contributed by atoms with Gasteiger partial charge in [-0.05, 0) is 30.7 Å². The number of benzene rings is 1. The summed E-state index contributed by atoms with van der Waals surface area (Å²) < 4.78 is 6.65. The third kappa shape index (κ3) is 3.17. The van der Waals surface area contributed by atoms with Crippen molar-refractivity contribution in [3.8, 4) is 11.6 Å². The van der Waals surface area contributed by atoms with Gasteiger partial charge < -0.3 is 4.74 Å². The molecule has 0 amide bonds. The van der Waals surface area contributed by atoms with E-state index in [9.17, 15) is 0 Å². The van der Waals surface area contributed by atoms with Crippen molar-refractivity contribution in [2.45, 2.75) is 12.8 Å². The Hall–Kier alpha value is -1.13. The minimum Gasteiger partial charge on any atom is -0.437 e. The lowest BCUT2D eigenvalue weighted by Crippen LogP contribution is -1.93. The molecule has 17 heavy (non-hydrogen) atoms. The van der Waals surface area contributed by atoms with E-state index in [4.69, 9.17) is 16.3 Å². The van der Waals surface area contributed by atoms with Gasteiger partial charge >= 0.3 is 0 Å². The standard InChI is InChI=1S/C12H10BrClN2O/c1-8-4-10(2-3-11(8)13)17-12-7-15-6-9(5-14)16-12/h2-4,6-7H,5H2,1H3. The summed E-state index contributed by atoms with van der Waals surface area (Å²) in [6.45, 7) is 2.00. The van der Waals surface area contributed by atoms with Gasteiger partial charge in [0.25, 0.3) is 0 Å². The van der Waals surface area contributed by atoms with Crippen LogP contribution >= 0.6 is 27.5 Å². The summed E-state index contributed by atoms with van der Waals surface area (Å²) in [4.78, 5) is 8.22. The molecule has 0 aliphatic carbocycles. The molecule has 0 aliphatic heterocycles. The smallest absolute Gasteiger partial charge is 0.238 e. The third-order valence-corrected chi connectivity index (χ3v) is 3.31. The van der Waals surface area contributed by atoms with Crippen molar-refractivity contribution >= 4 is 27.5 Å². The molecule has 5 heteroatoms. The molecule has 1 aromatic carbocycles. The molecule has 0 aliphatic rings. The number of aromatic nitrogens is 2. The third-order valence-electron chi connectivity index (χ3n) is 2.15. The Kier molecular flexibility index (Phi) is 3.97. The van der Waals surface area contributed by atoms with Gasteiger partial charge in [0.15, 0.2) is 0 Å². The van der Waals surface area contributed by atoms with Gasteiger partial charge in [0, 0.05) is 10.7 Å². The summed E-state index contributed by atoms with van der Waals surface area (Å²) in [5, 5.41) is 0. The molecule has 2 rings (SSSR count). The van der Waals surface area contributed by atoms with Crippen LogP contribution in [0.1, 0.15) is 11.3 Å². The van der Waals surface area contributed by atoms with Gasteiger partial charge in [-0.25, -0.2) is 4.98 Å². The molecule has 0 atom stereocenters. The number of alkyl halides is 1. The Morgan fingerprint density at radius 1 is 1.35 bits per heavy atom. The number of ether oxygens (including phenoxy) is 1. The predicted octanol–water partition coefficient (Wildman–Crippen LogP) is 4.08. The number of aryl methyl sites for hydroxylation is 1. The van der Waals surface area contributed by atoms with Crippen LogP contribution in [0.15, 0.2) is 35.1 Å². The van der Waals surface area contributed by atoms with Gasteiger partial charge in [-0.2, -0.15) is 0 Å². The lowest BCUT2D eigenvalue weighted by atomic mass is 10.2. The van der Waals surface area contributed by atoms with Crippen LogP contribution < -0.4 is 4.74 Å². The number of hydrogen-bond acceptors (Lipinski definition) is 3. The van der Waals surface area contributed by atoms with E-state index >= 15 is 0 Å². The normalized spacial score (nSPS) is 10.3. The molecule has 88 valence electrons. The molecule has 1 heterocycles. The van der Waals surface area contributed by atoms with E-state index in [1.807, 2.05) is 25.1 Å². The lowest BCUT2D eigenvalue weighted by molar-refractivity contribution is 0.458. The van der Waals surface area contributed by atoms with Crippen molar-refractivity contribution < 1.29 is 4.74 Å². The van der Waals surface area contributed by atoms with Gasteiger partial charge in [0.1, 0.15) is 5.75 Å². The number of halogens is 2. The van der Waals surface area contributed by atoms with E-state index in [-0.39, 0.29) is 0 Å². The maximum absolute atomic E-state index is 5.68. The number of hydrogen-bond donors (Lipinski definition) is 0. The zero-order valence-electron chi connectivity index (χ0n) is 9.15. The fraction of sp³-hybridized carbons (Fsp3) is 0.167. The maximum atomic E-state index is 5.68. The van der Waals surface area contributed by atoms with E-state index in [0.717, 1.165) is 15.8 Å². The van der Waals surface area contributed by atoms with Gasteiger partial charge in [-0.15, -0.1) is 11.6 Å².